The Bertz CT molecular complexity index is 1240. The highest BCUT2D eigenvalue weighted by Crippen LogP contribution is 2.46. The molecule has 0 amide bonds. The Kier molecular flexibility index (Phi) is 4.14. The summed E-state index contributed by atoms with van der Waals surface area (Å²) in [5, 5.41) is 15.6. The molecular weight excluding hydrogens is 380 g/mol. The summed E-state index contributed by atoms with van der Waals surface area (Å²) in [6.45, 7) is 3.52. The van der Waals surface area contributed by atoms with Crippen LogP contribution in [0.15, 0.2) is 36.5 Å². The second kappa shape index (κ2) is 6.63. The van der Waals surface area contributed by atoms with Gasteiger partial charge >= 0.3 is 0 Å². The van der Waals surface area contributed by atoms with Crippen LogP contribution >= 0.6 is 0 Å². The predicted molar refractivity (Wildman–Crippen MR) is 113 cm³/mol. The van der Waals surface area contributed by atoms with Crippen LogP contribution in [0.2, 0.25) is 0 Å². The van der Waals surface area contributed by atoms with Crippen molar-refractivity contribution < 1.29 is 9.84 Å². The van der Waals surface area contributed by atoms with Gasteiger partial charge in [0.2, 0.25) is 5.95 Å². The quantitative estimate of drug-likeness (QED) is 0.537. The molecule has 0 bridgehead atoms. The number of fused-ring (bicyclic) bond motifs is 3. The van der Waals surface area contributed by atoms with Gasteiger partial charge in [0.1, 0.15) is 11.3 Å². The number of aromatic nitrogens is 5. The lowest BCUT2D eigenvalue weighted by molar-refractivity contribution is 0.0781. The maximum atomic E-state index is 10.1. The van der Waals surface area contributed by atoms with Gasteiger partial charge in [0.05, 0.1) is 12.7 Å². The van der Waals surface area contributed by atoms with Crippen LogP contribution in [-0.4, -0.2) is 36.8 Å². The summed E-state index contributed by atoms with van der Waals surface area (Å²) < 4.78 is 7.02. The molecule has 0 saturated heterocycles. The average Bonchev–Trinajstić information content (AvgIpc) is 3.12. The molecule has 154 valence electrons. The number of nitrogen functional groups attached to an aromatic ring is 1. The van der Waals surface area contributed by atoms with Crippen molar-refractivity contribution in [3.63, 3.8) is 0 Å². The first-order valence-corrected chi connectivity index (χ1v) is 10.0. The second-order valence-corrected chi connectivity index (χ2v) is 8.43. The fraction of sp³-hybridized carbons (Fsp3) is 0.364. The maximum absolute atomic E-state index is 10.1. The first-order valence-electron chi connectivity index (χ1n) is 10.0. The van der Waals surface area contributed by atoms with Crippen molar-refractivity contribution >= 4 is 22.5 Å². The normalized spacial score (nSPS) is 19.2. The van der Waals surface area contributed by atoms with Crippen molar-refractivity contribution in [1.82, 2.24) is 24.6 Å². The van der Waals surface area contributed by atoms with E-state index in [-0.39, 0.29) is 5.92 Å². The largest absolute Gasteiger partial charge is 0.494 e. The average molecular weight is 404 g/mol. The first kappa shape index (κ1) is 18.7. The van der Waals surface area contributed by atoms with Crippen LogP contribution in [-0.2, 0) is 5.60 Å². The van der Waals surface area contributed by atoms with Gasteiger partial charge in [-0.3, -0.25) is 4.98 Å². The molecule has 3 heterocycles. The highest BCUT2D eigenvalue weighted by molar-refractivity contribution is 5.95. The Balaban J connectivity index is 1.42. The van der Waals surface area contributed by atoms with E-state index in [2.05, 4.69) is 15.1 Å². The van der Waals surface area contributed by atoms with Crippen molar-refractivity contribution in [3.8, 4) is 5.75 Å². The summed E-state index contributed by atoms with van der Waals surface area (Å²) in [6, 6.07) is 9.68. The van der Waals surface area contributed by atoms with Gasteiger partial charge < -0.3 is 15.6 Å². The van der Waals surface area contributed by atoms with Crippen molar-refractivity contribution in [2.45, 2.75) is 44.1 Å². The van der Waals surface area contributed by atoms with Gasteiger partial charge in [-0.2, -0.15) is 4.52 Å². The topological polar surface area (TPSA) is 111 Å². The van der Waals surface area contributed by atoms with Gasteiger partial charge in [-0.1, -0.05) is 12.1 Å². The molecule has 1 aliphatic rings. The molecule has 0 unspecified atom stereocenters. The number of nitrogens with two attached hydrogens (primary N) is 1. The zero-order valence-electron chi connectivity index (χ0n) is 17.2. The molecule has 0 aliphatic heterocycles. The number of nitrogens with zero attached hydrogens (tertiary/aromatic N) is 5. The molecule has 3 N–H and O–H groups in total. The minimum atomic E-state index is -0.881. The number of ether oxygens (including phenoxy) is 1. The van der Waals surface area contributed by atoms with E-state index in [0.29, 0.717) is 28.8 Å². The number of methoxy groups -OCH3 is 1. The molecule has 0 atom stereocenters. The molecule has 8 heteroatoms. The third-order valence-corrected chi connectivity index (χ3v) is 5.94. The Morgan fingerprint density at radius 3 is 2.60 bits per heavy atom. The summed E-state index contributed by atoms with van der Waals surface area (Å²) in [7, 11) is 1.61. The molecule has 1 aromatic carbocycles. The zero-order chi connectivity index (χ0) is 21.0. The second-order valence-electron chi connectivity index (χ2n) is 8.43. The fourth-order valence-corrected chi connectivity index (χ4v) is 4.06. The maximum Gasteiger partial charge on any atom is 0.223 e. The van der Waals surface area contributed by atoms with Crippen molar-refractivity contribution in [2.75, 3.05) is 12.8 Å². The minimum absolute atomic E-state index is 0.255. The predicted octanol–water partition coefficient (Wildman–Crippen LogP) is 3.15. The van der Waals surface area contributed by atoms with E-state index in [1.54, 1.807) is 31.7 Å². The number of para-hydroxylation sites is 1. The van der Waals surface area contributed by atoms with Crippen molar-refractivity contribution in [1.29, 1.82) is 0 Å². The summed E-state index contributed by atoms with van der Waals surface area (Å²) >= 11 is 0. The van der Waals surface area contributed by atoms with Crippen LogP contribution in [0.4, 0.5) is 5.95 Å². The van der Waals surface area contributed by atoms with Gasteiger partial charge in [-0.25, -0.2) is 9.97 Å². The van der Waals surface area contributed by atoms with Crippen LogP contribution in [0.5, 0.6) is 5.75 Å². The van der Waals surface area contributed by atoms with Gasteiger partial charge in [0, 0.05) is 34.7 Å². The number of rotatable bonds is 4. The number of pyridine rings is 1. The first-order chi connectivity index (χ1) is 14.3. The van der Waals surface area contributed by atoms with E-state index >= 15 is 0 Å². The van der Waals surface area contributed by atoms with Gasteiger partial charge in [-0.05, 0) is 44.9 Å². The lowest BCUT2D eigenvalue weighted by atomic mass is 9.72. The Morgan fingerprint density at radius 1 is 1.13 bits per heavy atom. The lowest BCUT2D eigenvalue weighted by Gasteiger charge is -2.33. The number of hydrogen-bond donors (Lipinski definition) is 2. The van der Waals surface area contributed by atoms with Crippen molar-refractivity contribution in [3.05, 3.63) is 53.6 Å². The molecule has 4 aromatic rings. The number of hydrogen-bond acceptors (Lipinski definition) is 7. The summed E-state index contributed by atoms with van der Waals surface area (Å²) in [4.78, 5) is 13.8. The molecule has 1 aliphatic carbocycles. The Labute approximate surface area is 173 Å². The highest BCUT2D eigenvalue weighted by Gasteiger charge is 2.35. The van der Waals surface area contributed by atoms with E-state index in [1.807, 2.05) is 30.3 Å². The molecule has 30 heavy (non-hydrogen) atoms. The highest BCUT2D eigenvalue weighted by atomic mass is 16.5. The Hall–Kier alpha value is -3.26. The van der Waals surface area contributed by atoms with Crippen LogP contribution in [0, 0.1) is 0 Å². The zero-order valence-corrected chi connectivity index (χ0v) is 17.2. The van der Waals surface area contributed by atoms with Gasteiger partial charge in [0.25, 0.3) is 0 Å². The third kappa shape index (κ3) is 2.95. The molecular formula is C22H24N6O2. The smallest absolute Gasteiger partial charge is 0.223 e. The molecule has 3 aromatic heterocycles. The summed E-state index contributed by atoms with van der Waals surface area (Å²) in [5.74, 6) is 2.36. The molecule has 5 rings (SSSR count). The Morgan fingerprint density at radius 2 is 1.93 bits per heavy atom. The van der Waals surface area contributed by atoms with Crippen LogP contribution in [0.25, 0.3) is 16.6 Å². The van der Waals surface area contributed by atoms with Crippen molar-refractivity contribution in [2.24, 2.45) is 0 Å². The fourth-order valence-electron chi connectivity index (χ4n) is 4.06. The van der Waals surface area contributed by atoms with E-state index in [0.717, 1.165) is 35.3 Å². The number of anilines is 1. The molecule has 0 radical (unpaired) electrons. The lowest BCUT2D eigenvalue weighted by Crippen LogP contribution is -2.23. The summed E-state index contributed by atoms with van der Waals surface area (Å²) in [5.41, 5.74) is 8.51. The van der Waals surface area contributed by atoms with E-state index in [4.69, 9.17) is 15.5 Å². The number of benzene rings is 1. The van der Waals surface area contributed by atoms with Crippen LogP contribution in [0.1, 0.15) is 55.6 Å². The summed E-state index contributed by atoms with van der Waals surface area (Å²) in [6.07, 6.45) is 3.62. The van der Waals surface area contributed by atoms with Gasteiger partial charge in [0.15, 0.2) is 11.5 Å². The standard InChI is InChI=1S/C22H24N6O2/c1-22(2,29)14-7-8-16(24-11-14)12-9-13(10-12)19-26-20-15-5-4-6-17(30-3)18(15)25-21(23)28(20)27-19/h4-8,11-13,29H,9-10H2,1-3H3,(H2,23,25)/t12-,13-. The molecule has 1 saturated carbocycles. The van der Waals surface area contributed by atoms with E-state index in [1.165, 1.54) is 0 Å². The SMILES string of the molecule is COc1cccc2c1nc(N)n1nc([C@H]3C[C@H](c4ccc(C(C)(C)O)cn4)C3)nc21. The van der Waals surface area contributed by atoms with E-state index in [9.17, 15) is 5.11 Å². The monoisotopic (exact) mass is 404 g/mol. The molecule has 1 fully saturated rings. The number of aliphatic hydroxyl groups is 1. The minimum Gasteiger partial charge on any atom is -0.494 e. The van der Waals surface area contributed by atoms with Crippen LogP contribution < -0.4 is 10.5 Å². The third-order valence-electron chi connectivity index (χ3n) is 5.94. The van der Waals surface area contributed by atoms with E-state index < -0.39 is 5.60 Å². The molecule has 8 nitrogen and oxygen atoms in total. The molecule has 0 spiro atoms. The van der Waals surface area contributed by atoms with Crippen LogP contribution in [0.3, 0.4) is 0 Å². The van der Waals surface area contributed by atoms with Gasteiger partial charge in [-0.15, -0.1) is 5.10 Å².